The first-order chi connectivity index (χ1) is 12.1. The van der Waals surface area contributed by atoms with E-state index in [0.717, 1.165) is 31.6 Å². The number of carbonyl (C=O) groups is 1. The normalized spacial score (nSPS) is 17.6. The second-order valence-electron chi connectivity index (χ2n) is 6.92. The number of amides is 1. The number of rotatable bonds is 6. The molecule has 0 unspecified atom stereocenters. The van der Waals surface area contributed by atoms with E-state index in [2.05, 4.69) is 40.5 Å². The molecule has 132 valence electrons. The lowest BCUT2D eigenvalue weighted by Gasteiger charge is -2.16. The highest BCUT2D eigenvalue weighted by atomic mass is 16.3. The van der Waals surface area contributed by atoms with E-state index in [1.165, 1.54) is 12.0 Å². The zero-order valence-corrected chi connectivity index (χ0v) is 14.7. The summed E-state index contributed by atoms with van der Waals surface area (Å²) in [6, 6.07) is 15.4. The number of aryl methyl sites for hydroxylation is 1. The van der Waals surface area contributed by atoms with Gasteiger partial charge in [0.05, 0.1) is 0 Å². The summed E-state index contributed by atoms with van der Waals surface area (Å²) >= 11 is 0. The van der Waals surface area contributed by atoms with Crippen LogP contribution in [0, 0.1) is 12.8 Å². The van der Waals surface area contributed by atoms with Crippen molar-refractivity contribution in [2.45, 2.75) is 26.3 Å². The van der Waals surface area contributed by atoms with Crippen LogP contribution >= 0.6 is 0 Å². The molecule has 1 saturated heterocycles. The molecule has 2 aromatic rings. The Kier molecular flexibility index (Phi) is 5.71. The van der Waals surface area contributed by atoms with Gasteiger partial charge in [-0.3, -0.25) is 9.69 Å². The fourth-order valence-corrected chi connectivity index (χ4v) is 3.52. The molecule has 4 heteroatoms. The lowest BCUT2D eigenvalue weighted by Crippen LogP contribution is -2.27. The summed E-state index contributed by atoms with van der Waals surface area (Å²) in [6.45, 7) is 5.78. The molecule has 0 bridgehead atoms. The highest BCUT2D eigenvalue weighted by Gasteiger charge is 2.22. The third kappa shape index (κ3) is 4.83. The lowest BCUT2D eigenvalue weighted by atomic mass is 10.0. The standard InChI is InChI=1S/C21H26N2O2/c1-16-13-19(24)7-8-20(16)21(25)22-11-9-18-10-12-23(15-18)14-17-5-3-2-4-6-17/h2-8,13,18,24H,9-12,14-15H2,1H3,(H,22,25)/t18-/m1/s1. The van der Waals surface area contributed by atoms with Crippen molar-refractivity contribution in [3.05, 3.63) is 65.2 Å². The number of nitrogens with one attached hydrogen (secondary N) is 1. The zero-order chi connectivity index (χ0) is 17.6. The van der Waals surface area contributed by atoms with Gasteiger partial charge in [0.25, 0.3) is 5.91 Å². The number of carbonyl (C=O) groups excluding carboxylic acids is 1. The van der Waals surface area contributed by atoms with Gasteiger partial charge in [-0.1, -0.05) is 30.3 Å². The summed E-state index contributed by atoms with van der Waals surface area (Å²) in [5.74, 6) is 0.778. The molecule has 1 fully saturated rings. The Morgan fingerprint density at radius 2 is 2.04 bits per heavy atom. The molecule has 0 radical (unpaired) electrons. The number of nitrogens with zero attached hydrogens (tertiary/aromatic N) is 1. The average molecular weight is 338 g/mol. The maximum atomic E-state index is 12.3. The van der Waals surface area contributed by atoms with Crippen molar-refractivity contribution in [2.75, 3.05) is 19.6 Å². The SMILES string of the molecule is Cc1cc(O)ccc1C(=O)NCC[C@@H]1CCN(Cc2ccccc2)C1. The average Bonchev–Trinajstić information content (AvgIpc) is 3.03. The van der Waals surface area contributed by atoms with Gasteiger partial charge in [-0.15, -0.1) is 0 Å². The van der Waals surface area contributed by atoms with E-state index in [0.29, 0.717) is 18.0 Å². The van der Waals surface area contributed by atoms with Crippen LogP contribution in [0.25, 0.3) is 0 Å². The number of likely N-dealkylation sites (tertiary alicyclic amines) is 1. The minimum atomic E-state index is -0.0587. The Morgan fingerprint density at radius 1 is 1.24 bits per heavy atom. The first-order valence-electron chi connectivity index (χ1n) is 8.96. The minimum absolute atomic E-state index is 0.0587. The summed E-state index contributed by atoms with van der Waals surface area (Å²) in [5, 5.41) is 12.4. The van der Waals surface area contributed by atoms with Crippen molar-refractivity contribution in [2.24, 2.45) is 5.92 Å². The third-order valence-corrected chi connectivity index (χ3v) is 4.91. The summed E-state index contributed by atoms with van der Waals surface area (Å²) in [7, 11) is 0. The second-order valence-corrected chi connectivity index (χ2v) is 6.92. The summed E-state index contributed by atoms with van der Waals surface area (Å²) in [4.78, 5) is 14.7. The molecule has 1 amide bonds. The zero-order valence-electron chi connectivity index (χ0n) is 14.7. The lowest BCUT2D eigenvalue weighted by molar-refractivity contribution is 0.0951. The van der Waals surface area contributed by atoms with Gasteiger partial charge >= 0.3 is 0 Å². The maximum Gasteiger partial charge on any atom is 0.251 e. The molecule has 4 nitrogen and oxygen atoms in total. The summed E-state index contributed by atoms with van der Waals surface area (Å²) in [6.07, 6.45) is 2.20. The van der Waals surface area contributed by atoms with Crippen LogP contribution in [0.1, 0.15) is 34.3 Å². The predicted octanol–water partition coefficient (Wildman–Crippen LogP) is 3.34. The van der Waals surface area contributed by atoms with E-state index in [-0.39, 0.29) is 11.7 Å². The van der Waals surface area contributed by atoms with E-state index in [1.807, 2.05) is 6.92 Å². The van der Waals surface area contributed by atoms with Crippen LogP contribution in [-0.4, -0.2) is 35.5 Å². The van der Waals surface area contributed by atoms with Crippen LogP contribution in [0.2, 0.25) is 0 Å². The molecule has 1 aliphatic rings. The van der Waals surface area contributed by atoms with Gasteiger partial charge in [0.15, 0.2) is 0 Å². The topological polar surface area (TPSA) is 52.6 Å². The Balaban J connectivity index is 1.41. The van der Waals surface area contributed by atoms with Gasteiger partial charge in [0.1, 0.15) is 5.75 Å². The quantitative estimate of drug-likeness (QED) is 0.849. The van der Waals surface area contributed by atoms with Gasteiger partial charge < -0.3 is 10.4 Å². The fourth-order valence-electron chi connectivity index (χ4n) is 3.52. The molecular formula is C21H26N2O2. The van der Waals surface area contributed by atoms with Gasteiger partial charge in [0.2, 0.25) is 0 Å². The summed E-state index contributed by atoms with van der Waals surface area (Å²) < 4.78 is 0. The molecule has 1 heterocycles. The number of aromatic hydroxyl groups is 1. The molecular weight excluding hydrogens is 312 g/mol. The van der Waals surface area contributed by atoms with Crippen molar-refractivity contribution in [1.29, 1.82) is 0 Å². The monoisotopic (exact) mass is 338 g/mol. The molecule has 2 N–H and O–H groups in total. The van der Waals surface area contributed by atoms with Crippen molar-refractivity contribution >= 4 is 5.91 Å². The molecule has 1 aliphatic heterocycles. The minimum Gasteiger partial charge on any atom is -0.508 e. The van der Waals surface area contributed by atoms with Gasteiger partial charge in [-0.2, -0.15) is 0 Å². The Hall–Kier alpha value is -2.33. The fraction of sp³-hybridized carbons (Fsp3) is 0.381. The first-order valence-corrected chi connectivity index (χ1v) is 8.96. The van der Waals surface area contributed by atoms with Crippen LogP contribution in [0.15, 0.2) is 48.5 Å². The van der Waals surface area contributed by atoms with Crippen LogP contribution in [-0.2, 0) is 6.54 Å². The maximum absolute atomic E-state index is 12.3. The Morgan fingerprint density at radius 3 is 2.80 bits per heavy atom. The summed E-state index contributed by atoms with van der Waals surface area (Å²) in [5.41, 5.74) is 2.79. The predicted molar refractivity (Wildman–Crippen MR) is 99.6 cm³/mol. The molecule has 0 aliphatic carbocycles. The van der Waals surface area contributed by atoms with Gasteiger partial charge in [-0.05, 0) is 61.6 Å². The van der Waals surface area contributed by atoms with E-state index in [1.54, 1.807) is 18.2 Å². The Labute approximate surface area is 149 Å². The molecule has 0 spiro atoms. The largest absolute Gasteiger partial charge is 0.508 e. The van der Waals surface area contributed by atoms with E-state index in [9.17, 15) is 9.90 Å². The number of hydrogen-bond acceptors (Lipinski definition) is 3. The van der Waals surface area contributed by atoms with Crippen LogP contribution in [0.5, 0.6) is 5.75 Å². The van der Waals surface area contributed by atoms with Gasteiger partial charge in [0, 0.05) is 25.2 Å². The van der Waals surface area contributed by atoms with Gasteiger partial charge in [-0.25, -0.2) is 0 Å². The van der Waals surface area contributed by atoms with Crippen molar-refractivity contribution < 1.29 is 9.90 Å². The molecule has 0 aromatic heterocycles. The number of phenolic OH excluding ortho intramolecular Hbond substituents is 1. The van der Waals surface area contributed by atoms with Crippen molar-refractivity contribution in [3.63, 3.8) is 0 Å². The van der Waals surface area contributed by atoms with E-state index in [4.69, 9.17) is 0 Å². The second kappa shape index (κ2) is 8.17. The molecule has 25 heavy (non-hydrogen) atoms. The molecule has 1 atom stereocenters. The van der Waals surface area contributed by atoms with Crippen molar-refractivity contribution in [1.82, 2.24) is 10.2 Å². The smallest absolute Gasteiger partial charge is 0.251 e. The molecule has 3 rings (SSSR count). The third-order valence-electron chi connectivity index (χ3n) is 4.91. The molecule has 0 saturated carbocycles. The number of hydrogen-bond donors (Lipinski definition) is 2. The first kappa shape index (κ1) is 17.5. The Bertz CT molecular complexity index is 715. The van der Waals surface area contributed by atoms with Crippen LogP contribution in [0.4, 0.5) is 0 Å². The number of phenols is 1. The van der Waals surface area contributed by atoms with Crippen LogP contribution in [0.3, 0.4) is 0 Å². The van der Waals surface area contributed by atoms with E-state index < -0.39 is 0 Å². The molecule has 2 aromatic carbocycles. The van der Waals surface area contributed by atoms with Crippen LogP contribution < -0.4 is 5.32 Å². The highest BCUT2D eigenvalue weighted by Crippen LogP contribution is 2.21. The van der Waals surface area contributed by atoms with E-state index >= 15 is 0 Å². The van der Waals surface area contributed by atoms with Crippen molar-refractivity contribution in [3.8, 4) is 5.75 Å². The highest BCUT2D eigenvalue weighted by molar-refractivity contribution is 5.95. The number of benzene rings is 2.